The number of rotatable bonds is 3. The maximum Gasteiger partial charge on any atom is 0.246 e. The van der Waals surface area contributed by atoms with E-state index in [1.54, 1.807) is 6.20 Å². The van der Waals surface area contributed by atoms with E-state index >= 15 is 0 Å². The SMILES string of the molecule is NC(C(=O)Nc1cccc2cc(Br)cnc12)c1cccs1. The first-order chi connectivity index (χ1) is 10.1. The summed E-state index contributed by atoms with van der Waals surface area (Å²) in [6.07, 6.45) is 1.71. The van der Waals surface area contributed by atoms with Gasteiger partial charge in [0.05, 0.1) is 11.2 Å². The minimum absolute atomic E-state index is 0.241. The van der Waals surface area contributed by atoms with Crippen molar-refractivity contribution in [3.05, 3.63) is 57.3 Å². The number of nitrogens with one attached hydrogen (secondary N) is 1. The Morgan fingerprint density at radius 1 is 1.33 bits per heavy atom. The molecule has 1 aromatic carbocycles. The molecule has 0 aliphatic rings. The van der Waals surface area contributed by atoms with Gasteiger partial charge in [0.15, 0.2) is 0 Å². The van der Waals surface area contributed by atoms with E-state index in [1.807, 2.05) is 41.8 Å². The number of aromatic nitrogens is 1. The normalized spacial score (nSPS) is 12.3. The molecule has 3 aromatic rings. The highest BCUT2D eigenvalue weighted by Gasteiger charge is 2.17. The van der Waals surface area contributed by atoms with Crippen LogP contribution in [0.1, 0.15) is 10.9 Å². The van der Waals surface area contributed by atoms with E-state index in [0.29, 0.717) is 5.69 Å². The number of carbonyl (C=O) groups is 1. The second-order valence-corrected chi connectivity index (χ2v) is 6.41. The Kier molecular flexibility index (Phi) is 4.01. The van der Waals surface area contributed by atoms with Crippen LogP contribution in [0.5, 0.6) is 0 Å². The average Bonchev–Trinajstić information content (AvgIpc) is 3.00. The number of hydrogen-bond acceptors (Lipinski definition) is 4. The van der Waals surface area contributed by atoms with Gasteiger partial charge < -0.3 is 11.1 Å². The molecule has 1 amide bonds. The number of carbonyl (C=O) groups excluding carboxylic acids is 1. The van der Waals surface area contributed by atoms with Gasteiger partial charge in [-0.3, -0.25) is 9.78 Å². The summed E-state index contributed by atoms with van der Waals surface area (Å²) in [5, 5.41) is 5.71. The zero-order valence-corrected chi connectivity index (χ0v) is 13.3. The van der Waals surface area contributed by atoms with Crippen molar-refractivity contribution in [2.24, 2.45) is 5.73 Å². The van der Waals surface area contributed by atoms with E-state index in [2.05, 4.69) is 26.2 Å². The van der Waals surface area contributed by atoms with E-state index in [4.69, 9.17) is 5.73 Å². The van der Waals surface area contributed by atoms with Crippen LogP contribution < -0.4 is 11.1 Å². The van der Waals surface area contributed by atoms with Crippen molar-refractivity contribution in [2.45, 2.75) is 6.04 Å². The predicted octanol–water partition coefficient (Wildman–Crippen LogP) is 3.70. The van der Waals surface area contributed by atoms with Crippen LogP contribution in [0.15, 0.2) is 52.4 Å². The third kappa shape index (κ3) is 2.97. The second-order valence-electron chi connectivity index (χ2n) is 4.51. The molecule has 106 valence electrons. The van der Waals surface area contributed by atoms with Crippen molar-refractivity contribution in [2.75, 3.05) is 5.32 Å². The first-order valence-corrected chi connectivity index (χ1v) is 7.96. The Morgan fingerprint density at radius 2 is 2.19 bits per heavy atom. The summed E-state index contributed by atoms with van der Waals surface area (Å²) in [6, 6.07) is 10.7. The number of benzene rings is 1. The first-order valence-electron chi connectivity index (χ1n) is 6.29. The summed E-state index contributed by atoms with van der Waals surface area (Å²) in [7, 11) is 0. The summed E-state index contributed by atoms with van der Waals surface area (Å²) in [5.41, 5.74) is 7.38. The van der Waals surface area contributed by atoms with Crippen molar-refractivity contribution in [1.29, 1.82) is 0 Å². The van der Waals surface area contributed by atoms with Crippen LogP contribution in [-0.2, 0) is 4.79 Å². The molecular formula is C15H12BrN3OS. The summed E-state index contributed by atoms with van der Waals surface area (Å²) in [5.74, 6) is -0.241. The van der Waals surface area contributed by atoms with E-state index < -0.39 is 6.04 Å². The maximum absolute atomic E-state index is 12.3. The molecule has 1 unspecified atom stereocenters. The van der Waals surface area contributed by atoms with Gasteiger partial charge in [-0.25, -0.2) is 0 Å². The van der Waals surface area contributed by atoms with Gasteiger partial charge in [0.1, 0.15) is 6.04 Å². The molecule has 0 saturated heterocycles. The molecule has 2 aromatic heterocycles. The highest BCUT2D eigenvalue weighted by molar-refractivity contribution is 9.10. The molecule has 0 aliphatic heterocycles. The average molecular weight is 362 g/mol. The van der Waals surface area contributed by atoms with Crippen LogP contribution in [0.3, 0.4) is 0 Å². The topological polar surface area (TPSA) is 68.0 Å². The highest BCUT2D eigenvalue weighted by Crippen LogP contribution is 2.25. The van der Waals surface area contributed by atoms with Gasteiger partial charge in [0.25, 0.3) is 0 Å². The lowest BCUT2D eigenvalue weighted by atomic mass is 10.1. The molecule has 0 fully saturated rings. The molecule has 0 saturated carbocycles. The van der Waals surface area contributed by atoms with Gasteiger partial charge in [0, 0.05) is 20.9 Å². The molecule has 2 heterocycles. The summed E-state index contributed by atoms with van der Waals surface area (Å²) in [4.78, 5) is 17.4. The maximum atomic E-state index is 12.3. The highest BCUT2D eigenvalue weighted by atomic mass is 79.9. The number of thiophene rings is 1. The quantitative estimate of drug-likeness (QED) is 0.747. The van der Waals surface area contributed by atoms with Gasteiger partial charge in [-0.2, -0.15) is 0 Å². The smallest absolute Gasteiger partial charge is 0.246 e. The largest absolute Gasteiger partial charge is 0.323 e. The number of hydrogen-bond donors (Lipinski definition) is 2. The number of halogens is 1. The molecule has 21 heavy (non-hydrogen) atoms. The predicted molar refractivity (Wildman–Crippen MR) is 89.3 cm³/mol. The van der Waals surface area contributed by atoms with Gasteiger partial charge >= 0.3 is 0 Å². The second kappa shape index (κ2) is 5.93. The summed E-state index contributed by atoms with van der Waals surface area (Å²) >= 11 is 4.86. The zero-order valence-electron chi connectivity index (χ0n) is 10.9. The van der Waals surface area contributed by atoms with Crippen molar-refractivity contribution < 1.29 is 4.79 Å². The Morgan fingerprint density at radius 3 is 2.95 bits per heavy atom. The number of amides is 1. The molecule has 3 N–H and O–H groups in total. The van der Waals surface area contributed by atoms with Gasteiger partial charge in [-0.1, -0.05) is 18.2 Å². The van der Waals surface area contributed by atoms with E-state index in [1.165, 1.54) is 11.3 Å². The summed E-state index contributed by atoms with van der Waals surface area (Å²) in [6.45, 7) is 0. The molecule has 0 spiro atoms. The van der Waals surface area contributed by atoms with E-state index in [0.717, 1.165) is 20.3 Å². The minimum Gasteiger partial charge on any atom is -0.323 e. The molecule has 4 nitrogen and oxygen atoms in total. The lowest BCUT2D eigenvalue weighted by molar-refractivity contribution is -0.117. The van der Waals surface area contributed by atoms with Crippen molar-refractivity contribution in [3.8, 4) is 0 Å². The fourth-order valence-corrected chi connectivity index (χ4v) is 3.12. The van der Waals surface area contributed by atoms with Gasteiger partial charge in [0.2, 0.25) is 5.91 Å². The van der Waals surface area contributed by atoms with Gasteiger partial charge in [-0.05, 0) is 39.5 Å². The zero-order chi connectivity index (χ0) is 14.8. The van der Waals surface area contributed by atoms with Crippen LogP contribution in [0.4, 0.5) is 5.69 Å². The number of fused-ring (bicyclic) bond motifs is 1. The number of anilines is 1. The standard InChI is InChI=1S/C15H12BrN3OS/c16-10-7-9-3-1-4-11(14(9)18-8-10)19-15(20)13(17)12-5-2-6-21-12/h1-8,13H,17H2,(H,19,20). The summed E-state index contributed by atoms with van der Waals surface area (Å²) < 4.78 is 0.897. The van der Waals surface area contributed by atoms with Crippen LogP contribution in [0.25, 0.3) is 10.9 Å². The van der Waals surface area contributed by atoms with E-state index in [9.17, 15) is 4.79 Å². The third-order valence-corrected chi connectivity index (χ3v) is 4.46. The monoisotopic (exact) mass is 361 g/mol. The van der Waals surface area contributed by atoms with Crippen LogP contribution in [0, 0.1) is 0 Å². The number of nitrogens with zero attached hydrogens (tertiary/aromatic N) is 1. The number of nitrogens with two attached hydrogens (primary N) is 1. The Hall–Kier alpha value is -1.76. The minimum atomic E-state index is -0.671. The van der Waals surface area contributed by atoms with E-state index in [-0.39, 0.29) is 5.91 Å². The first kappa shape index (κ1) is 14.2. The number of pyridine rings is 1. The van der Waals surface area contributed by atoms with Crippen molar-refractivity contribution >= 4 is 49.8 Å². The molecule has 0 aliphatic carbocycles. The fourth-order valence-electron chi connectivity index (χ4n) is 2.04. The van der Waals surface area contributed by atoms with Crippen molar-refractivity contribution in [1.82, 2.24) is 4.98 Å². The fraction of sp³-hybridized carbons (Fsp3) is 0.0667. The third-order valence-electron chi connectivity index (χ3n) is 3.07. The number of para-hydroxylation sites is 1. The Labute approximate surface area is 134 Å². The molecule has 3 rings (SSSR count). The lowest BCUT2D eigenvalue weighted by Gasteiger charge is -2.12. The Bertz CT molecular complexity index is 789. The molecule has 0 radical (unpaired) electrons. The van der Waals surface area contributed by atoms with Gasteiger partial charge in [-0.15, -0.1) is 11.3 Å². The van der Waals surface area contributed by atoms with Crippen LogP contribution in [-0.4, -0.2) is 10.9 Å². The molecule has 6 heteroatoms. The molecule has 0 bridgehead atoms. The Balaban J connectivity index is 1.90. The molecular weight excluding hydrogens is 350 g/mol. The van der Waals surface area contributed by atoms with Crippen LogP contribution >= 0.6 is 27.3 Å². The van der Waals surface area contributed by atoms with Crippen molar-refractivity contribution in [3.63, 3.8) is 0 Å². The molecule has 1 atom stereocenters. The van der Waals surface area contributed by atoms with Crippen LogP contribution in [0.2, 0.25) is 0 Å². The lowest BCUT2D eigenvalue weighted by Crippen LogP contribution is -2.27.